The van der Waals surface area contributed by atoms with Gasteiger partial charge in [-0.3, -0.25) is 14.4 Å². The zero-order chi connectivity index (χ0) is 17.3. The van der Waals surface area contributed by atoms with Crippen molar-refractivity contribution in [3.05, 3.63) is 24.3 Å². The molecule has 1 aromatic carbocycles. The summed E-state index contributed by atoms with van der Waals surface area (Å²) in [4.78, 5) is 40.3. The Balaban J connectivity index is 1.79. The number of nitrogens with one attached hydrogen (secondary N) is 1. The van der Waals surface area contributed by atoms with Crippen molar-refractivity contribution in [3.63, 3.8) is 0 Å². The Kier molecular flexibility index (Phi) is 4.55. The van der Waals surface area contributed by atoms with E-state index in [0.717, 1.165) is 19.3 Å². The Morgan fingerprint density at radius 3 is 2.67 bits per heavy atom. The monoisotopic (exact) mass is 329 g/mol. The third kappa shape index (κ3) is 3.13. The summed E-state index contributed by atoms with van der Waals surface area (Å²) in [5.74, 6) is -0.162. The number of carbonyl (C=O) groups excluding carboxylic acids is 3. The maximum atomic E-state index is 12.9. The molecule has 3 rings (SSSR count). The minimum atomic E-state index is -0.256. The normalized spacial score (nSPS) is 20.5. The Bertz CT molecular complexity index is 669. The highest BCUT2D eigenvalue weighted by Crippen LogP contribution is 2.32. The van der Waals surface area contributed by atoms with E-state index in [1.807, 2.05) is 25.1 Å². The van der Waals surface area contributed by atoms with Crippen molar-refractivity contribution in [2.75, 3.05) is 23.8 Å². The van der Waals surface area contributed by atoms with Gasteiger partial charge in [0.15, 0.2) is 0 Å². The summed E-state index contributed by atoms with van der Waals surface area (Å²) in [6, 6.07) is 7.02. The molecule has 1 aliphatic carbocycles. The molecule has 0 bridgehead atoms. The minimum absolute atomic E-state index is 0.0300. The van der Waals surface area contributed by atoms with E-state index in [-0.39, 0.29) is 42.6 Å². The van der Waals surface area contributed by atoms with Gasteiger partial charge >= 0.3 is 0 Å². The molecule has 3 amide bonds. The summed E-state index contributed by atoms with van der Waals surface area (Å²) >= 11 is 0. The smallest absolute Gasteiger partial charge is 0.246 e. The van der Waals surface area contributed by atoms with Gasteiger partial charge in [0.2, 0.25) is 17.7 Å². The van der Waals surface area contributed by atoms with E-state index in [9.17, 15) is 14.4 Å². The van der Waals surface area contributed by atoms with E-state index in [1.54, 1.807) is 18.0 Å². The van der Waals surface area contributed by atoms with Crippen LogP contribution in [0.3, 0.4) is 0 Å². The average molecular weight is 329 g/mol. The molecule has 6 heteroatoms. The van der Waals surface area contributed by atoms with Gasteiger partial charge in [0.25, 0.3) is 0 Å². The fourth-order valence-electron chi connectivity index (χ4n) is 3.29. The number of rotatable bonds is 3. The zero-order valence-electron chi connectivity index (χ0n) is 14.1. The van der Waals surface area contributed by atoms with Crippen LogP contribution in [0.15, 0.2) is 24.3 Å². The number of carbonyl (C=O) groups is 3. The molecule has 24 heavy (non-hydrogen) atoms. The van der Waals surface area contributed by atoms with Gasteiger partial charge in [0.1, 0.15) is 0 Å². The molecule has 0 aromatic heterocycles. The highest BCUT2D eigenvalue weighted by atomic mass is 16.2. The van der Waals surface area contributed by atoms with Crippen molar-refractivity contribution < 1.29 is 14.4 Å². The van der Waals surface area contributed by atoms with Crippen molar-refractivity contribution in [1.29, 1.82) is 0 Å². The van der Waals surface area contributed by atoms with Crippen LogP contribution < -0.4 is 10.2 Å². The molecule has 2 aliphatic rings. The fraction of sp³-hybridized carbons (Fsp3) is 0.500. The first-order chi connectivity index (χ1) is 11.5. The summed E-state index contributed by atoms with van der Waals surface area (Å²) in [7, 11) is 1.68. The van der Waals surface area contributed by atoms with Gasteiger partial charge in [0.05, 0.1) is 17.9 Å². The number of likely N-dealkylation sites (N-methyl/N-ethyl adjacent to an activating group) is 1. The Labute approximate surface area is 141 Å². The van der Waals surface area contributed by atoms with Crippen molar-refractivity contribution >= 4 is 29.1 Å². The van der Waals surface area contributed by atoms with Gasteiger partial charge < -0.3 is 15.1 Å². The van der Waals surface area contributed by atoms with Crippen LogP contribution in [-0.4, -0.2) is 42.3 Å². The first-order valence-corrected chi connectivity index (χ1v) is 8.43. The third-order valence-electron chi connectivity index (χ3n) is 4.83. The number of nitrogens with zero attached hydrogens (tertiary/aromatic N) is 2. The third-order valence-corrected chi connectivity index (χ3v) is 4.83. The molecule has 0 spiro atoms. The van der Waals surface area contributed by atoms with Crippen LogP contribution in [0.4, 0.5) is 11.4 Å². The van der Waals surface area contributed by atoms with Crippen LogP contribution in [0.1, 0.15) is 32.6 Å². The molecule has 1 saturated carbocycles. The lowest BCUT2D eigenvalue weighted by atomic mass is 9.84. The maximum absolute atomic E-state index is 12.9. The van der Waals surface area contributed by atoms with Crippen LogP contribution in [0, 0.1) is 5.92 Å². The van der Waals surface area contributed by atoms with Crippen LogP contribution in [-0.2, 0) is 14.4 Å². The highest BCUT2D eigenvalue weighted by Gasteiger charge is 2.33. The van der Waals surface area contributed by atoms with Gasteiger partial charge in [-0.25, -0.2) is 0 Å². The van der Waals surface area contributed by atoms with Crippen LogP contribution >= 0.6 is 0 Å². The predicted molar refractivity (Wildman–Crippen MR) is 91.6 cm³/mol. The van der Waals surface area contributed by atoms with Crippen molar-refractivity contribution in [2.45, 2.75) is 38.6 Å². The molecule has 1 N–H and O–H groups in total. The van der Waals surface area contributed by atoms with Crippen molar-refractivity contribution in [3.8, 4) is 0 Å². The van der Waals surface area contributed by atoms with Crippen LogP contribution in [0.25, 0.3) is 0 Å². The number of fused-ring (bicyclic) bond motifs is 1. The first kappa shape index (κ1) is 16.5. The zero-order valence-corrected chi connectivity index (χ0v) is 14.1. The fourth-order valence-corrected chi connectivity index (χ4v) is 3.29. The lowest BCUT2D eigenvalue weighted by Gasteiger charge is -2.32. The number of anilines is 2. The summed E-state index contributed by atoms with van der Waals surface area (Å²) in [6.07, 6.45) is 3.15. The molecular formula is C18H23N3O3. The molecule has 1 heterocycles. The second-order valence-electron chi connectivity index (χ2n) is 6.70. The lowest BCUT2D eigenvalue weighted by Crippen LogP contribution is -2.47. The summed E-state index contributed by atoms with van der Waals surface area (Å²) < 4.78 is 0. The maximum Gasteiger partial charge on any atom is 0.246 e. The summed E-state index contributed by atoms with van der Waals surface area (Å²) in [5.41, 5.74) is 1.32. The van der Waals surface area contributed by atoms with Gasteiger partial charge in [-0.05, 0) is 31.9 Å². The first-order valence-electron chi connectivity index (χ1n) is 8.43. The second kappa shape index (κ2) is 6.63. The second-order valence-corrected chi connectivity index (χ2v) is 6.70. The predicted octanol–water partition coefficient (Wildman–Crippen LogP) is 2.01. The SMILES string of the molecule is C[C@H]1CC(=O)Nc2ccccc2N1C(=O)CN(C)C(=O)C1CCC1. The molecule has 1 aliphatic heterocycles. The van der Waals surface area contributed by atoms with Gasteiger partial charge in [0, 0.05) is 25.4 Å². The van der Waals surface area contributed by atoms with Crippen LogP contribution in [0.5, 0.6) is 0 Å². The largest absolute Gasteiger partial charge is 0.336 e. The molecule has 0 unspecified atom stereocenters. The number of para-hydroxylation sites is 2. The number of hydrogen-bond acceptors (Lipinski definition) is 3. The summed E-state index contributed by atoms with van der Waals surface area (Å²) in [6.45, 7) is 1.88. The lowest BCUT2D eigenvalue weighted by molar-refractivity contribution is -0.139. The Morgan fingerprint density at radius 2 is 2.00 bits per heavy atom. The van der Waals surface area contributed by atoms with E-state index in [2.05, 4.69) is 5.32 Å². The van der Waals surface area contributed by atoms with Gasteiger partial charge in [-0.15, -0.1) is 0 Å². The number of amides is 3. The molecule has 1 atom stereocenters. The number of hydrogen-bond donors (Lipinski definition) is 1. The minimum Gasteiger partial charge on any atom is -0.336 e. The molecule has 1 aromatic rings. The Hall–Kier alpha value is -2.37. The van der Waals surface area contributed by atoms with E-state index < -0.39 is 0 Å². The van der Waals surface area contributed by atoms with Crippen molar-refractivity contribution in [2.24, 2.45) is 5.92 Å². The number of benzene rings is 1. The Morgan fingerprint density at radius 1 is 1.29 bits per heavy atom. The molecule has 128 valence electrons. The molecule has 0 radical (unpaired) electrons. The van der Waals surface area contributed by atoms with E-state index in [4.69, 9.17) is 0 Å². The molecular weight excluding hydrogens is 306 g/mol. The van der Waals surface area contributed by atoms with Gasteiger partial charge in [-0.2, -0.15) is 0 Å². The van der Waals surface area contributed by atoms with Crippen molar-refractivity contribution in [1.82, 2.24) is 4.90 Å². The molecule has 1 fully saturated rings. The van der Waals surface area contributed by atoms with Gasteiger partial charge in [-0.1, -0.05) is 18.6 Å². The quantitative estimate of drug-likeness (QED) is 0.922. The summed E-state index contributed by atoms with van der Waals surface area (Å²) in [5, 5.41) is 2.84. The average Bonchev–Trinajstić information content (AvgIpc) is 2.59. The van der Waals surface area contributed by atoms with E-state index in [0.29, 0.717) is 11.4 Å². The van der Waals surface area contributed by atoms with Crippen LogP contribution in [0.2, 0.25) is 0 Å². The molecule has 6 nitrogen and oxygen atoms in total. The topological polar surface area (TPSA) is 69.7 Å². The highest BCUT2D eigenvalue weighted by molar-refractivity contribution is 6.05. The van der Waals surface area contributed by atoms with E-state index >= 15 is 0 Å². The molecule has 0 saturated heterocycles. The standard InChI is InChI=1S/C18H23N3O3/c1-12-10-16(22)19-14-8-3-4-9-15(14)21(12)17(23)11-20(2)18(24)13-6-5-7-13/h3-4,8-9,12-13H,5-7,10-11H2,1-2H3,(H,19,22)/t12-/m0/s1. The van der Waals surface area contributed by atoms with E-state index in [1.165, 1.54) is 4.90 Å².